The number of carbonyl (C=O) groups is 1. The van der Waals surface area contributed by atoms with Crippen molar-refractivity contribution in [1.82, 2.24) is 0 Å². The van der Waals surface area contributed by atoms with Crippen LogP contribution in [-0.2, 0) is 10.0 Å². The standard InChI is InChI=1S/C20H19N3O3S/c1-15-7-9-18(10-8-15)23-27(25,26)19-13-11-17(12-14-19)22-20(24)21-16-5-3-2-4-6-16/h2-14,23H,1H3,(H2,21,22,24). The molecule has 3 aromatic rings. The van der Waals surface area contributed by atoms with Crippen molar-refractivity contribution in [3.63, 3.8) is 0 Å². The summed E-state index contributed by atoms with van der Waals surface area (Å²) in [5.41, 5.74) is 2.68. The van der Waals surface area contributed by atoms with Crippen LogP contribution in [0.25, 0.3) is 0 Å². The Morgan fingerprint density at radius 3 is 1.81 bits per heavy atom. The van der Waals surface area contributed by atoms with E-state index < -0.39 is 16.1 Å². The molecule has 0 saturated carbocycles. The van der Waals surface area contributed by atoms with Crippen molar-refractivity contribution in [2.24, 2.45) is 0 Å². The lowest BCUT2D eigenvalue weighted by molar-refractivity contribution is 0.262. The van der Waals surface area contributed by atoms with Crippen LogP contribution in [0.2, 0.25) is 0 Å². The van der Waals surface area contributed by atoms with Gasteiger partial charge in [0.2, 0.25) is 0 Å². The quantitative estimate of drug-likeness (QED) is 0.610. The Bertz CT molecular complexity index is 1020. The van der Waals surface area contributed by atoms with Crippen LogP contribution in [0.1, 0.15) is 5.56 Å². The summed E-state index contributed by atoms with van der Waals surface area (Å²) in [5.74, 6) is 0. The zero-order valence-electron chi connectivity index (χ0n) is 14.6. The number of hydrogen-bond donors (Lipinski definition) is 3. The number of hydrogen-bond acceptors (Lipinski definition) is 3. The number of para-hydroxylation sites is 1. The van der Waals surface area contributed by atoms with Gasteiger partial charge in [-0.1, -0.05) is 35.9 Å². The molecule has 0 fully saturated rings. The van der Waals surface area contributed by atoms with E-state index in [-0.39, 0.29) is 4.90 Å². The predicted octanol–water partition coefficient (Wildman–Crippen LogP) is 4.44. The van der Waals surface area contributed by atoms with Gasteiger partial charge in [0, 0.05) is 17.1 Å². The lowest BCUT2D eigenvalue weighted by atomic mass is 10.2. The molecule has 3 aromatic carbocycles. The number of urea groups is 1. The van der Waals surface area contributed by atoms with Crippen molar-refractivity contribution < 1.29 is 13.2 Å². The second-order valence-electron chi connectivity index (χ2n) is 5.94. The van der Waals surface area contributed by atoms with Crippen LogP contribution in [0.3, 0.4) is 0 Å². The van der Waals surface area contributed by atoms with Crippen molar-refractivity contribution >= 4 is 33.1 Å². The van der Waals surface area contributed by atoms with Gasteiger partial charge in [0.05, 0.1) is 4.90 Å². The number of rotatable bonds is 5. The first kappa shape index (κ1) is 18.5. The normalized spacial score (nSPS) is 10.9. The van der Waals surface area contributed by atoms with Crippen molar-refractivity contribution in [1.29, 1.82) is 0 Å². The highest BCUT2D eigenvalue weighted by atomic mass is 32.2. The Kier molecular flexibility index (Phi) is 5.42. The summed E-state index contributed by atoms with van der Waals surface area (Å²) < 4.78 is 27.4. The summed E-state index contributed by atoms with van der Waals surface area (Å²) in [6, 6.07) is 21.6. The highest BCUT2D eigenvalue weighted by Crippen LogP contribution is 2.19. The number of amides is 2. The molecule has 0 radical (unpaired) electrons. The fraction of sp³-hybridized carbons (Fsp3) is 0.0500. The van der Waals surface area contributed by atoms with Crippen LogP contribution in [-0.4, -0.2) is 14.4 Å². The van der Waals surface area contributed by atoms with Crippen LogP contribution in [0.4, 0.5) is 21.9 Å². The molecule has 0 aliphatic rings. The van der Waals surface area contributed by atoms with Gasteiger partial charge in [0.1, 0.15) is 0 Å². The summed E-state index contributed by atoms with van der Waals surface area (Å²) in [4.78, 5) is 12.1. The fourth-order valence-corrected chi connectivity index (χ4v) is 3.43. The number of carbonyl (C=O) groups excluding carboxylic acids is 1. The van der Waals surface area contributed by atoms with Crippen molar-refractivity contribution in [2.45, 2.75) is 11.8 Å². The van der Waals surface area contributed by atoms with E-state index in [0.717, 1.165) is 5.56 Å². The summed E-state index contributed by atoms with van der Waals surface area (Å²) in [7, 11) is -3.70. The van der Waals surface area contributed by atoms with Gasteiger partial charge in [-0.15, -0.1) is 0 Å². The van der Waals surface area contributed by atoms with Crippen LogP contribution >= 0.6 is 0 Å². The van der Waals surface area contributed by atoms with Crippen molar-refractivity contribution in [3.05, 3.63) is 84.4 Å². The maximum Gasteiger partial charge on any atom is 0.323 e. The molecule has 138 valence electrons. The van der Waals surface area contributed by atoms with Crippen LogP contribution in [0.5, 0.6) is 0 Å². The maximum atomic E-state index is 12.5. The third-order valence-electron chi connectivity index (χ3n) is 3.76. The first-order valence-electron chi connectivity index (χ1n) is 8.25. The Hall–Kier alpha value is -3.32. The number of nitrogens with one attached hydrogen (secondary N) is 3. The minimum Gasteiger partial charge on any atom is -0.308 e. The maximum absolute atomic E-state index is 12.5. The first-order valence-corrected chi connectivity index (χ1v) is 9.73. The van der Waals surface area contributed by atoms with E-state index in [1.807, 2.05) is 37.3 Å². The molecule has 0 aliphatic carbocycles. The summed E-state index contributed by atoms with van der Waals surface area (Å²) in [6.07, 6.45) is 0. The predicted molar refractivity (Wildman–Crippen MR) is 108 cm³/mol. The second-order valence-corrected chi connectivity index (χ2v) is 7.62. The van der Waals surface area contributed by atoms with Crippen molar-refractivity contribution in [3.8, 4) is 0 Å². The van der Waals surface area contributed by atoms with Gasteiger partial charge in [-0.3, -0.25) is 4.72 Å². The smallest absolute Gasteiger partial charge is 0.308 e. The molecule has 0 unspecified atom stereocenters. The molecule has 0 aromatic heterocycles. The van der Waals surface area contributed by atoms with E-state index in [1.165, 1.54) is 24.3 Å². The molecule has 7 heteroatoms. The summed E-state index contributed by atoms with van der Waals surface area (Å²) in [6.45, 7) is 1.93. The second kappa shape index (κ2) is 7.92. The van der Waals surface area contributed by atoms with E-state index in [0.29, 0.717) is 17.1 Å². The first-order chi connectivity index (χ1) is 12.9. The van der Waals surface area contributed by atoms with Crippen LogP contribution in [0, 0.1) is 6.92 Å². The highest BCUT2D eigenvalue weighted by Gasteiger charge is 2.14. The molecule has 27 heavy (non-hydrogen) atoms. The van der Waals surface area contributed by atoms with E-state index in [4.69, 9.17) is 0 Å². The third-order valence-corrected chi connectivity index (χ3v) is 5.16. The van der Waals surface area contributed by atoms with Crippen molar-refractivity contribution in [2.75, 3.05) is 15.4 Å². The lowest BCUT2D eigenvalue weighted by Gasteiger charge is -2.10. The molecular formula is C20H19N3O3S. The van der Waals surface area contributed by atoms with Crippen LogP contribution in [0.15, 0.2) is 83.8 Å². The molecule has 3 N–H and O–H groups in total. The van der Waals surface area contributed by atoms with E-state index in [2.05, 4.69) is 15.4 Å². The number of anilines is 3. The molecule has 2 amide bonds. The van der Waals surface area contributed by atoms with Gasteiger partial charge in [-0.2, -0.15) is 0 Å². The monoisotopic (exact) mass is 381 g/mol. The summed E-state index contributed by atoms with van der Waals surface area (Å²) >= 11 is 0. The summed E-state index contributed by atoms with van der Waals surface area (Å²) in [5, 5.41) is 5.35. The molecular weight excluding hydrogens is 362 g/mol. The molecule has 0 bridgehead atoms. The average molecular weight is 381 g/mol. The lowest BCUT2D eigenvalue weighted by Crippen LogP contribution is -2.19. The Labute approximate surface area is 158 Å². The van der Waals surface area contributed by atoms with E-state index >= 15 is 0 Å². The SMILES string of the molecule is Cc1ccc(NS(=O)(=O)c2ccc(NC(=O)Nc3ccccc3)cc2)cc1. The van der Waals surface area contributed by atoms with Gasteiger partial charge in [0.25, 0.3) is 10.0 Å². The zero-order valence-corrected chi connectivity index (χ0v) is 15.5. The molecule has 0 saturated heterocycles. The largest absolute Gasteiger partial charge is 0.323 e. The zero-order chi connectivity index (χ0) is 19.3. The Balaban J connectivity index is 1.65. The van der Waals surface area contributed by atoms with E-state index in [9.17, 15) is 13.2 Å². The highest BCUT2D eigenvalue weighted by molar-refractivity contribution is 7.92. The number of benzene rings is 3. The molecule has 0 aliphatic heterocycles. The van der Waals surface area contributed by atoms with Gasteiger partial charge in [0.15, 0.2) is 0 Å². The Morgan fingerprint density at radius 2 is 1.22 bits per heavy atom. The van der Waals surface area contributed by atoms with Gasteiger partial charge in [-0.05, 0) is 55.5 Å². The molecule has 0 heterocycles. The number of aryl methyl sites for hydroxylation is 1. The minimum atomic E-state index is -3.70. The average Bonchev–Trinajstić information content (AvgIpc) is 2.65. The van der Waals surface area contributed by atoms with E-state index in [1.54, 1.807) is 24.3 Å². The van der Waals surface area contributed by atoms with Gasteiger partial charge < -0.3 is 10.6 Å². The molecule has 3 rings (SSSR count). The fourth-order valence-electron chi connectivity index (χ4n) is 2.37. The van der Waals surface area contributed by atoms with Crippen LogP contribution < -0.4 is 15.4 Å². The Morgan fingerprint density at radius 1 is 0.704 bits per heavy atom. The number of sulfonamides is 1. The molecule has 6 nitrogen and oxygen atoms in total. The van der Waals surface area contributed by atoms with Gasteiger partial charge >= 0.3 is 6.03 Å². The minimum absolute atomic E-state index is 0.108. The topological polar surface area (TPSA) is 87.3 Å². The van der Waals surface area contributed by atoms with Gasteiger partial charge in [-0.25, -0.2) is 13.2 Å². The third kappa shape index (κ3) is 5.08. The molecule has 0 atom stereocenters. The molecule has 0 spiro atoms.